The average molecular weight is 370 g/mol. The van der Waals surface area contributed by atoms with Crippen LogP contribution in [-0.4, -0.2) is 40.1 Å². The number of aryl methyl sites for hydroxylation is 1. The number of piperidine rings is 1. The fraction of sp³-hybridized carbons (Fsp3) is 0.476. The summed E-state index contributed by atoms with van der Waals surface area (Å²) in [6, 6.07) is 9.73. The zero-order chi connectivity index (χ0) is 19.6. The van der Waals surface area contributed by atoms with Gasteiger partial charge in [-0.25, -0.2) is 0 Å². The lowest BCUT2D eigenvalue weighted by molar-refractivity contribution is -0.156. The molecule has 1 aromatic carbocycles. The van der Waals surface area contributed by atoms with E-state index < -0.39 is 11.4 Å². The van der Waals surface area contributed by atoms with E-state index in [1.807, 2.05) is 45.0 Å². The third kappa shape index (κ3) is 4.04. The molecule has 6 heteroatoms. The molecule has 1 saturated heterocycles. The molecule has 2 aromatic rings. The number of hydrogen-bond donors (Lipinski definition) is 1. The van der Waals surface area contributed by atoms with Gasteiger partial charge in [-0.05, 0) is 19.8 Å². The molecule has 6 nitrogen and oxygen atoms in total. The molecule has 0 saturated carbocycles. The van der Waals surface area contributed by atoms with Crippen LogP contribution in [0.2, 0.25) is 0 Å². The fourth-order valence-electron chi connectivity index (χ4n) is 3.67. The SMILES string of the molecule is Cc1ccc(-c2cc(C[C@]3(C(=O)O)CCCN(C(=O)C(C)C)C3)on2)cc1. The van der Waals surface area contributed by atoms with Crippen molar-refractivity contribution in [2.24, 2.45) is 11.3 Å². The predicted molar refractivity (Wildman–Crippen MR) is 101 cm³/mol. The van der Waals surface area contributed by atoms with Crippen molar-refractivity contribution in [3.8, 4) is 11.3 Å². The van der Waals surface area contributed by atoms with Gasteiger partial charge in [0.1, 0.15) is 11.5 Å². The molecule has 1 aromatic heterocycles. The first-order valence-electron chi connectivity index (χ1n) is 9.35. The summed E-state index contributed by atoms with van der Waals surface area (Å²) in [5.41, 5.74) is 1.74. The van der Waals surface area contributed by atoms with Gasteiger partial charge in [0, 0.05) is 37.1 Å². The lowest BCUT2D eigenvalue weighted by atomic mass is 9.76. The highest BCUT2D eigenvalue weighted by molar-refractivity contribution is 5.81. The van der Waals surface area contributed by atoms with Crippen LogP contribution in [0, 0.1) is 18.3 Å². The molecule has 1 amide bonds. The maximum absolute atomic E-state index is 12.4. The molecule has 0 spiro atoms. The third-order valence-electron chi connectivity index (χ3n) is 5.26. The molecule has 144 valence electrons. The maximum atomic E-state index is 12.4. The molecule has 27 heavy (non-hydrogen) atoms. The molecule has 1 aliphatic heterocycles. The number of carbonyl (C=O) groups excluding carboxylic acids is 1. The Hall–Kier alpha value is -2.63. The number of aliphatic carboxylic acids is 1. The summed E-state index contributed by atoms with van der Waals surface area (Å²) in [6.45, 7) is 6.51. The normalized spacial score (nSPS) is 20.1. The van der Waals surface area contributed by atoms with Crippen molar-refractivity contribution in [3.63, 3.8) is 0 Å². The zero-order valence-electron chi connectivity index (χ0n) is 16.1. The van der Waals surface area contributed by atoms with Crippen LogP contribution < -0.4 is 0 Å². The van der Waals surface area contributed by atoms with Crippen molar-refractivity contribution < 1.29 is 19.2 Å². The number of carbonyl (C=O) groups is 2. The van der Waals surface area contributed by atoms with E-state index in [-0.39, 0.29) is 24.8 Å². The van der Waals surface area contributed by atoms with Gasteiger partial charge in [0.2, 0.25) is 5.91 Å². The number of nitrogens with zero attached hydrogens (tertiary/aromatic N) is 2. The Morgan fingerprint density at radius 1 is 1.30 bits per heavy atom. The van der Waals surface area contributed by atoms with Crippen molar-refractivity contribution >= 4 is 11.9 Å². The van der Waals surface area contributed by atoms with E-state index in [2.05, 4.69) is 5.16 Å². The minimum atomic E-state index is -1.03. The Morgan fingerprint density at radius 3 is 2.63 bits per heavy atom. The first-order chi connectivity index (χ1) is 12.8. The van der Waals surface area contributed by atoms with Crippen LogP contribution in [0.3, 0.4) is 0 Å². The average Bonchev–Trinajstić information content (AvgIpc) is 3.10. The van der Waals surface area contributed by atoms with Gasteiger partial charge in [-0.3, -0.25) is 9.59 Å². The number of benzene rings is 1. The highest BCUT2D eigenvalue weighted by atomic mass is 16.5. The van der Waals surface area contributed by atoms with Crippen molar-refractivity contribution in [2.45, 2.75) is 40.0 Å². The number of hydrogen-bond acceptors (Lipinski definition) is 4. The zero-order valence-corrected chi connectivity index (χ0v) is 16.1. The van der Waals surface area contributed by atoms with E-state index in [9.17, 15) is 14.7 Å². The number of likely N-dealkylation sites (tertiary alicyclic amines) is 1. The lowest BCUT2D eigenvalue weighted by Gasteiger charge is -2.40. The number of carboxylic acid groups (broad SMARTS) is 1. The molecule has 2 heterocycles. The number of aromatic nitrogens is 1. The van der Waals surface area contributed by atoms with Crippen molar-refractivity contribution in [1.82, 2.24) is 10.1 Å². The molecule has 0 unspecified atom stereocenters. The van der Waals surface area contributed by atoms with Gasteiger partial charge >= 0.3 is 5.97 Å². The van der Waals surface area contributed by atoms with Gasteiger partial charge in [-0.1, -0.05) is 48.8 Å². The van der Waals surface area contributed by atoms with Crippen LogP contribution >= 0.6 is 0 Å². The van der Waals surface area contributed by atoms with Gasteiger partial charge in [0.05, 0.1) is 5.41 Å². The summed E-state index contributed by atoms with van der Waals surface area (Å²) in [4.78, 5) is 26.2. The van der Waals surface area contributed by atoms with Crippen LogP contribution in [0.15, 0.2) is 34.9 Å². The van der Waals surface area contributed by atoms with Crippen molar-refractivity contribution in [2.75, 3.05) is 13.1 Å². The molecule has 1 fully saturated rings. The van der Waals surface area contributed by atoms with Crippen LogP contribution in [-0.2, 0) is 16.0 Å². The quantitative estimate of drug-likeness (QED) is 0.870. The molecule has 1 aliphatic rings. The minimum absolute atomic E-state index is 0.00163. The minimum Gasteiger partial charge on any atom is -0.481 e. The van der Waals surface area contributed by atoms with Crippen LogP contribution in [0.5, 0.6) is 0 Å². The van der Waals surface area contributed by atoms with Gasteiger partial charge in [-0.2, -0.15) is 0 Å². The predicted octanol–water partition coefficient (Wildman–Crippen LogP) is 3.54. The van der Waals surface area contributed by atoms with Gasteiger partial charge < -0.3 is 14.5 Å². The molecular weight excluding hydrogens is 344 g/mol. The summed E-state index contributed by atoms with van der Waals surface area (Å²) in [6.07, 6.45) is 1.41. The van der Waals surface area contributed by atoms with E-state index in [0.717, 1.165) is 11.1 Å². The van der Waals surface area contributed by atoms with Crippen LogP contribution in [0.25, 0.3) is 11.3 Å². The topological polar surface area (TPSA) is 83.6 Å². The Bertz CT molecular complexity index is 825. The summed E-state index contributed by atoms with van der Waals surface area (Å²) in [5.74, 6) is -0.505. The van der Waals surface area contributed by atoms with E-state index in [1.165, 1.54) is 0 Å². The maximum Gasteiger partial charge on any atom is 0.311 e. The van der Waals surface area contributed by atoms with E-state index in [1.54, 1.807) is 11.0 Å². The second-order valence-electron chi connectivity index (χ2n) is 7.82. The van der Waals surface area contributed by atoms with Gasteiger partial charge in [0.25, 0.3) is 0 Å². The lowest BCUT2D eigenvalue weighted by Crippen LogP contribution is -2.51. The Kier molecular flexibility index (Phi) is 5.35. The van der Waals surface area contributed by atoms with E-state index in [4.69, 9.17) is 4.52 Å². The Morgan fingerprint density at radius 2 is 2.00 bits per heavy atom. The van der Waals surface area contributed by atoms with Crippen molar-refractivity contribution in [1.29, 1.82) is 0 Å². The molecule has 1 N–H and O–H groups in total. The van der Waals surface area contributed by atoms with Gasteiger partial charge in [-0.15, -0.1) is 0 Å². The second-order valence-corrected chi connectivity index (χ2v) is 7.82. The van der Waals surface area contributed by atoms with Crippen LogP contribution in [0.1, 0.15) is 38.0 Å². The third-order valence-corrected chi connectivity index (χ3v) is 5.26. The second kappa shape index (κ2) is 7.55. The smallest absolute Gasteiger partial charge is 0.311 e. The Balaban J connectivity index is 1.81. The van der Waals surface area contributed by atoms with Crippen LogP contribution in [0.4, 0.5) is 0 Å². The van der Waals surface area contributed by atoms with E-state index in [0.29, 0.717) is 30.8 Å². The molecule has 1 atom stereocenters. The Labute approximate surface area is 159 Å². The van der Waals surface area contributed by atoms with Crippen molar-refractivity contribution in [3.05, 3.63) is 41.7 Å². The summed E-state index contributed by atoms with van der Waals surface area (Å²) < 4.78 is 5.45. The standard InChI is InChI=1S/C21H26N2O4/c1-14(2)19(24)23-10-4-9-21(13-23,20(25)26)12-17-11-18(22-27-17)16-7-5-15(3)6-8-16/h5-8,11,14H,4,9-10,12-13H2,1-3H3,(H,25,26)/t21-/m1/s1. The molecule has 0 radical (unpaired) electrons. The largest absolute Gasteiger partial charge is 0.481 e. The highest BCUT2D eigenvalue weighted by Gasteiger charge is 2.45. The first kappa shape index (κ1) is 19.1. The molecular formula is C21H26N2O4. The number of carboxylic acids is 1. The number of rotatable bonds is 5. The monoisotopic (exact) mass is 370 g/mol. The highest BCUT2D eigenvalue weighted by Crippen LogP contribution is 2.35. The van der Waals surface area contributed by atoms with Gasteiger partial charge in [0.15, 0.2) is 0 Å². The fourth-order valence-corrected chi connectivity index (χ4v) is 3.67. The molecule has 0 bridgehead atoms. The molecule has 3 rings (SSSR count). The summed E-state index contributed by atoms with van der Waals surface area (Å²) in [7, 11) is 0. The number of amides is 1. The summed E-state index contributed by atoms with van der Waals surface area (Å²) in [5, 5.41) is 14.0. The summed E-state index contributed by atoms with van der Waals surface area (Å²) >= 11 is 0. The van der Waals surface area contributed by atoms with E-state index >= 15 is 0 Å². The molecule has 0 aliphatic carbocycles. The first-order valence-corrected chi connectivity index (χ1v) is 9.35.